The minimum atomic E-state index is -0.475. The van der Waals surface area contributed by atoms with Gasteiger partial charge in [0.05, 0.1) is 5.56 Å². The van der Waals surface area contributed by atoms with Crippen molar-refractivity contribution in [1.82, 2.24) is 4.90 Å². The zero-order chi connectivity index (χ0) is 13.0. The predicted molar refractivity (Wildman–Crippen MR) is 71.0 cm³/mol. The molecule has 0 heterocycles. The summed E-state index contributed by atoms with van der Waals surface area (Å²) in [5.41, 5.74) is 12.6. The minimum Gasteiger partial charge on any atom is -0.399 e. The first kappa shape index (κ1) is 13.3. The lowest BCUT2D eigenvalue weighted by molar-refractivity contribution is 0.100. The molecule has 0 aromatic heterocycles. The Labute approximate surface area is 102 Å². The minimum absolute atomic E-state index is 0.215. The third-order valence-electron chi connectivity index (χ3n) is 2.35. The fourth-order valence-electron chi connectivity index (χ4n) is 1.75. The van der Waals surface area contributed by atoms with Gasteiger partial charge in [-0.3, -0.25) is 4.79 Å². The van der Waals surface area contributed by atoms with E-state index in [1.807, 2.05) is 21.0 Å². The fourth-order valence-corrected chi connectivity index (χ4v) is 1.75. The number of likely N-dealkylation sites (N-methyl/N-ethyl adjacent to an activating group) is 1. The second-order valence-corrected chi connectivity index (χ2v) is 4.48. The summed E-state index contributed by atoms with van der Waals surface area (Å²) in [4.78, 5) is 13.4. The van der Waals surface area contributed by atoms with Crippen LogP contribution in [0.4, 0.5) is 11.4 Å². The molecule has 0 saturated heterocycles. The molecule has 1 atom stereocenters. The molecule has 0 aliphatic heterocycles. The normalized spacial score (nSPS) is 12.5. The van der Waals surface area contributed by atoms with Crippen LogP contribution in [0.1, 0.15) is 17.3 Å². The van der Waals surface area contributed by atoms with E-state index >= 15 is 0 Å². The molecule has 0 aliphatic carbocycles. The number of hydrogen-bond acceptors (Lipinski definition) is 4. The lowest BCUT2D eigenvalue weighted by atomic mass is 10.1. The number of benzene rings is 1. The van der Waals surface area contributed by atoms with Crippen LogP contribution < -0.4 is 16.8 Å². The maximum atomic E-state index is 11.3. The van der Waals surface area contributed by atoms with Crippen LogP contribution in [-0.2, 0) is 0 Å². The van der Waals surface area contributed by atoms with Crippen molar-refractivity contribution in [2.24, 2.45) is 5.73 Å². The summed E-state index contributed by atoms with van der Waals surface area (Å²) in [5, 5.41) is 3.25. The van der Waals surface area contributed by atoms with Crippen molar-refractivity contribution in [2.75, 3.05) is 31.7 Å². The van der Waals surface area contributed by atoms with Crippen molar-refractivity contribution in [3.8, 4) is 0 Å². The molecule has 5 nitrogen and oxygen atoms in total. The van der Waals surface area contributed by atoms with Crippen LogP contribution in [0.5, 0.6) is 0 Å². The number of nitrogens with two attached hydrogens (primary N) is 2. The monoisotopic (exact) mass is 236 g/mol. The summed E-state index contributed by atoms with van der Waals surface area (Å²) in [6, 6.07) is 5.33. The standard InChI is InChI=1S/C12H20N4O/c1-8(7-16(2)3)15-11-5-4-9(13)6-10(11)12(14)17/h4-6,8,15H,7,13H2,1-3H3,(H2,14,17). The number of nitrogens with one attached hydrogen (secondary N) is 1. The molecule has 1 aromatic rings. The molecule has 1 unspecified atom stereocenters. The van der Waals surface area contributed by atoms with E-state index in [0.29, 0.717) is 11.3 Å². The quantitative estimate of drug-likeness (QED) is 0.658. The van der Waals surface area contributed by atoms with Gasteiger partial charge in [-0.15, -0.1) is 0 Å². The lowest BCUT2D eigenvalue weighted by Crippen LogP contribution is -2.30. The molecule has 1 amide bonds. The molecule has 0 saturated carbocycles. The number of carbonyl (C=O) groups is 1. The van der Waals surface area contributed by atoms with Crippen molar-refractivity contribution in [2.45, 2.75) is 13.0 Å². The smallest absolute Gasteiger partial charge is 0.250 e. The molecule has 5 heteroatoms. The van der Waals surface area contributed by atoms with Crippen molar-refractivity contribution >= 4 is 17.3 Å². The number of anilines is 2. The molecule has 0 aliphatic rings. The zero-order valence-corrected chi connectivity index (χ0v) is 10.5. The van der Waals surface area contributed by atoms with Gasteiger partial charge in [0.25, 0.3) is 5.91 Å². The first-order valence-electron chi connectivity index (χ1n) is 5.50. The molecule has 0 spiro atoms. The molecule has 1 rings (SSSR count). The van der Waals surface area contributed by atoms with E-state index < -0.39 is 5.91 Å². The number of nitrogens with zero attached hydrogens (tertiary/aromatic N) is 1. The van der Waals surface area contributed by atoms with Gasteiger partial charge in [0.15, 0.2) is 0 Å². The van der Waals surface area contributed by atoms with E-state index in [2.05, 4.69) is 10.2 Å². The summed E-state index contributed by atoms with van der Waals surface area (Å²) >= 11 is 0. The number of primary amides is 1. The second kappa shape index (κ2) is 5.54. The van der Waals surface area contributed by atoms with Gasteiger partial charge < -0.3 is 21.7 Å². The summed E-state index contributed by atoms with van der Waals surface area (Å²) in [6.07, 6.45) is 0. The van der Waals surface area contributed by atoms with Gasteiger partial charge in [-0.2, -0.15) is 0 Å². The Balaban J connectivity index is 2.86. The van der Waals surface area contributed by atoms with Gasteiger partial charge in [-0.25, -0.2) is 0 Å². The Bertz CT molecular complexity index is 403. The van der Waals surface area contributed by atoms with E-state index in [1.54, 1.807) is 18.2 Å². The Hall–Kier alpha value is -1.75. The maximum Gasteiger partial charge on any atom is 0.250 e. The highest BCUT2D eigenvalue weighted by atomic mass is 16.1. The highest BCUT2D eigenvalue weighted by molar-refractivity contribution is 5.99. The summed E-state index contributed by atoms with van der Waals surface area (Å²) < 4.78 is 0. The molecule has 94 valence electrons. The number of nitrogen functional groups attached to an aromatic ring is 1. The first-order chi connectivity index (χ1) is 7.90. The zero-order valence-electron chi connectivity index (χ0n) is 10.5. The Morgan fingerprint density at radius 3 is 2.65 bits per heavy atom. The molecule has 17 heavy (non-hydrogen) atoms. The molecular formula is C12H20N4O. The van der Waals surface area contributed by atoms with E-state index in [9.17, 15) is 4.79 Å². The van der Waals surface area contributed by atoms with E-state index in [4.69, 9.17) is 11.5 Å². The lowest BCUT2D eigenvalue weighted by Gasteiger charge is -2.20. The molecule has 0 radical (unpaired) electrons. The molecular weight excluding hydrogens is 216 g/mol. The molecule has 1 aromatic carbocycles. The van der Waals surface area contributed by atoms with Crippen LogP contribution >= 0.6 is 0 Å². The van der Waals surface area contributed by atoms with Crippen molar-refractivity contribution < 1.29 is 4.79 Å². The third-order valence-corrected chi connectivity index (χ3v) is 2.35. The van der Waals surface area contributed by atoms with Crippen molar-refractivity contribution in [1.29, 1.82) is 0 Å². The van der Waals surface area contributed by atoms with Gasteiger partial charge in [0.2, 0.25) is 0 Å². The van der Waals surface area contributed by atoms with E-state index in [1.165, 1.54) is 0 Å². The van der Waals surface area contributed by atoms with Crippen LogP contribution in [0, 0.1) is 0 Å². The summed E-state index contributed by atoms with van der Waals surface area (Å²) in [7, 11) is 3.99. The Morgan fingerprint density at radius 2 is 2.12 bits per heavy atom. The summed E-state index contributed by atoms with van der Waals surface area (Å²) in [5.74, 6) is -0.475. The second-order valence-electron chi connectivity index (χ2n) is 4.48. The first-order valence-corrected chi connectivity index (χ1v) is 5.50. The Morgan fingerprint density at radius 1 is 1.47 bits per heavy atom. The summed E-state index contributed by atoms with van der Waals surface area (Å²) in [6.45, 7) is 2.91. The highest BCUT2D eigenvalue weighted by Crippen LogP contribution is 2.19. The number of rotatable bonds is 5. The largest absolute Gasteiger partial charge is 0.399 e. The fraction of sp³-hybridized carbons (Fsp3) is 0.417. The topological polar surface area (TPSA) is 84.4 Å². The average Bonchev–Trinajstić information content (AvgIpc) is 2.19. The van der Waals surface area contributed by atoms with Gasteiger partial charge >= 0.3 is 0 Å². The molecule has 0 bridgehead atoms. The predicted octanol–water partition coefficient (Wildman–Crippen LogP) is 0.730. The van der Waals surface area contributed by atoms with Gasteiger partial charge in [0.1, 0.15) is 0 Å². The van der Waals surface area contributed by atoms with E-state index in [-0.39, 0.29) is 6.04 Å². The van der Waals surface area contributed by atoms with Crippen LogP contribution in [0.2, 0.25) is 0 Å². The van der Waals surface area contributed by atoms with Crippen molar-refractivity contribution in [3.05, 3.63) is 23.8 Å². The van der Waals surface area contributed by atoms with Crippen LogP contribution in [0.25, 0.3) is 0 Å². The Kier molecular flexibility index (Phi) is 4.34. The number of amides is 1. The number of hydrogen-bond donors (Lipinski definition) is 3. The van der Waals surface area contributed by atoms with Gasteiger partial charge in [-0.1, -0.05) is 0 Å². The van der Waals surface area contributed by atoms with Crippen LogP contribution in [0.3, 0.4) is 0 Å². The average molecular weight is 236 g/mol. The van der Waals surface area contributed by atoms with Crippen LogP contribution in [0.15, 0.2) is 18.2 Å². The SMILES string of the molecule is CC(CN(C)C)Nc1ccc(N)cc1C(N)=O. The number of carbonyl (C=O) groups excluding carboxylic acids is 1. The van der Waals surface area contributed by atoms with Crippen LogP contribution in [-0.4, -0.2) is 37.5 Å². The van der Waals surface area contributed by atoms with E-state index in [0.717, 1.165) is 12.2 Å². The maximum absolute atomic E-state index is 11.3. The van der Waals surface area contributed by atoms with Gasteiger partial charge in [0, 0.05) is 24.0 Å². The highest BCUT2D eigenvalue weighted by Gasteiger charge is 2.11. The molecule has 5 N–H and O–H groups in total. The van der Waals surface area contributed by atoms with Gasteiger partial charge in [-0.05, 0) is 39.2 Å². The van der Waals surface area contributed by atoms with Crippen molar-refractivity contribution in [3.63, 3.8) is 0 Å². The third kappa shape index (κ3) is 3.96. The molecule has 0 fully saturated rings.